The number of carbonyl (C=O) groups is 1. The van der Waals surface area contributed by atoms with Crippen molar-refractivity contribution in [1.29, 1.82) is 0 Å². The average molecular weight is 264 g/mol. The molecule has 1 aliphatic heterocycles. The molecule has 1 rings (SSSR count). The molecule has 0 radical (unpaired) electrons. The number of hydrogen-bond acceptors (Lipinski definition) is 2. The van der Waals surface area contributed by atoms with Crippen molar-refractivity contribution in [2.24, 2.45) is 5.92 Å². The van der Waals surface area contributed by atoms with Crippen molar-refractivity contribution >= 4 is 22.0 Å². The van der Waals surface area contributed by atoms with E-state index in [0.717, 1.165) is 31.3 Å². The molecule has 0 aromatic heterocycles. The Balaban J connectivity index is 2.19. The van der Waals surface area contributed by atoms with Crippen molar-refractivity contribution in [1.82, 2.24) is 4.90 Å². The third-order valence-electron chi connectivity index (χ3n) is 2.37. The summed E-state index contributed by atoms with van der Waals surface area (Å²) in [5.41, 5.74) is 0. The van der Waals surface area contributed by atoms with Gasteiger partial charge in [0.25, 0.3) is 0 Å². The van der Waals surface area contributed by atoms with E-state index in [2.05, 4.69) is 22.9 Å². The van der Waals surface area contributed by atoms with Gasteiger partial charge in [0.1, 0.15) is 0 Å². The van der Waals surface area contributed by atoms with Crippen LogP contribution in [0.3, 0.4) is 0 Å². The van der Waals surface area contributed by atoms with Crippen molar-refractivity contribution in [3.8, 4) is 0 Å². The fourth-order valence-electron chi connectivity index (χ4n) is 1.43. The van der Waals surface area contributed by atoms with E-state index in [1.54, 1.807) is 0 Å². The lowest BCUT2D eigenvalue weighted by molar-refractivity contribution is 0.0863. The third kappa shape index (κ3) is 3.86. The number of amides is 1. The van der Waals surface area contributed by atoms with E-state index in [4.69, 9.17) is 4.74 Å². The highest BCUT2D eigenvalue weighted by Crippen LogP contribution is 2.10. The predicted molar refractivity (Wildman–Crippen MR) is 59.7 cm³/mol. The number of carbonyl (C=O) groups excluding carboxylic acids is 1. The second-order valence-corrected chi connectivity index (χ2v) is 4.53. The molecule has 1 unspecified atom stereocenters. The summed E-state index contributed by atoms with van der Waals surface area (Å²) in [5, 5.41) is 0.875. The molecule has 1 atom stereocenters. The predicted octanol–water partition coefficient (Wildman–Crippen LogP) is 2.64. The summed E-state index contributed by atoms with van der Waals surface area (Å²) >= 11 is 3.36. The summed E-state index contributed by atoms with van der Waals surface area (Å²) in [4.78, 5) is 13.3. The van der Waals surface area contributed by atoms with Crippen LogP contribution in [0.2, 0.25) is 0 Å². The monoisotopic (exact) mass is 263 g/mol. The van der Waals surface area contributed by atoms with Gasteiger partial charge >= 0.3 is 6.09 Å². The molecule has 0 aromatic rings. The fourth-order valence-corrected chi connectivity index (χ4v) is 1.61. The number of nitrogens with zero attached hydrogens (tertiary/aromatic N) is 1. The summed E-state index contributed by atoms with van der Waals surface area (Å²) in [6, 6.07) is 0. The van der Waals surface area contributed by atoms with Gasteiger partial charge in [0.2, 0.25) is 0 Å². The molecule has 0 aromatic carbocycles. The number of piperidine rings is 1. The smallest absolute Gasteiger partial charge is 0.409 e. The Hall–Kier alpha value is -0.250. The first-order chi connectivity index (χ1) is 6.74. The van der Waals surface area contributed by atoms with Gasteiger partial charge in [-0.25, -0.2) is 4.79 Å². The van der Waals surface area contributed by atoms with Gasteiger partial charge < -0.3 is 9.64 Å². The molecule has 0 spiro atoms. The standard InChI is InChI=1S/C10H18BrNO2/c1-9(7-11)8-14-10(13)12-5-3-2-4-6-12/h9H,2-8H2,1H3. The van der Waals surface area contributed by atoms with E-state index in [1.165, 1.54) is 6.42 Å². The van der Waals surface area contributed by atoms with Crippen molar-refractivity contribution < 1.29 is 9.53 Å². The average Bonchev–Trinajstić information content (AvgIpc) is 2.26. The molecule has 1 fully saturated rings. The normalized spacial score (nSPS) is 19.1. The zero-order chi connectivity index (χ0) is 10.4. The van der Waals surface area contributed by atoms with Crippen LogP contribution in [0.4, 0.5) is 4.79 Å². The van der Waals surface area contributed by atoms with E-state index >= 15 is 0 Å². The molecule has 1 saturated heterocycles. The molecule has 4 heteroatoms. The maximum absolute atomic E-state index is 11.5. The Labute approximate surface area is 93.9 Å². The minimum Gasteiger partial charge on any atom is -0.449 e. The summed E-state index contributed by atoms with van der Waals surface area (Å²) in [6.07, 6.45) is 3.32. The number of hydrogen-bond donors (Lipinski definition) is 0. The molecular weight excluding hydrogens is 246 g/mol. The highest BCUT2D eigenvalue weighted by Gasteiger charge is 2.17. The lowest BCUT2D eigenvalue weighted by atomic mass is 10.1. The Kier molecular flexibility index (Phi) is 5.30. The van der Waals surface area contributed by atoms with Crippen LogP contribution in [0, 0.1) is 5.92 Å². The van der Waals surface area contributed by atoms with Crippen LogP contribution in [0.1, 0.15) is 26.2 Å². The van der Waals surface area contributed by atoms with Crippen molar-refractivity contribution in [2.45, 2.75) is 26.2 Å². The topological polar surface area (TPSA) is 29.5 Å². The highest BCUT2D eigenvalue weighted by atomic mass is 79.9. The Morgan fingerprint density at radius 1 is 1.43 bits per heavy atom. The number of rotatable bonds is 3. The van der Waals surface area contributed by atoms with Crippen LogP contribution in [-0.2, 0) is 4.74 Å². The first kappa shape index (κ1) is 11.8. The minimum absolute atomic E-state index is 0.141. The summed E-state index contributed by atoms with van der Waals surface area (Å²) in [7, 11) is 0. The largest absolute Gasteiger partial charge is 0.449 e. The van der Waals surface area contributed by atoms with Gasteiger partial charge in [-0.3, -0.25) is 0 Å². The molecule has 1 heterocycles. The number of likely N-dealkylation sites (tertiary alicyclic amines) is 1. The quantitative estimate of drug-likeness (QED) is 0.733. The minimum atomic E-state index is -0.141. The Morgan fingerprint density at radius 3 is 2.64 bits per heavy atom. The zero-order valence-electron chi connectivity index (χ0n) is 8.67. The highest BCUT2D eigenvalue weighted by molar-refractivity contribution is 9.09. The Morgan fingerprint density at radius 2 is 2.07 bits per heavy atom. The van der Waals surface area contributed by atoms with Gasteiger partial charge in [-0.1, -0.05) is 22.9 Å². The molecule has 82 valence electrons. The number of ether oxygens (including phenoxy) is 1. The molecule has 3 nitrogen and oxygen atoms in total. The van der Waals surface area contributed by atoms with Gasteiger partial charge in [0.15, 0.2) is 0 Å². The van der Waals surface area contributed by atoms with Crippen LogP contribution < -0.4 is 0 Å². The SMILES string of the molecule is CC(CBr)COC(=O)N1CCCCC1. The molecule has 0 bridgehead atoms. The van der Waals surface area contributed by atoms with Crippen LogP contribution in [-0.4, -0.2) is 36.0 Å². The molecule has 14 heavy (non-hydrogen) atoms. The van der Waals surface area contributed by atoms with E-state index in [-0.39, 0.29) is 6.09 Å². The number of halogens is 1. The van der Waals surface area contributed by atoms with Gasteiger partial charge in [-0.05, 0) is 19.3 Å². The maximum Gasteiger partial charge on any atom is 0.409 e. The molecule has 1 aliphatic rings. The van der Waals surface area contributed by atoms with Gasteiger partial charge in [-0.2, -0.15) is 0 Å². The van der Waals surface area contributed by atoms with E-state index in [0.29, 0.717) is 12.5 Å². The first-order valence-electron chi connectivity index (χ1n) is 5.21. The molecular formula is C10H18BrNO2. The Bertz CT molecular complexity index is 181. The number of alkyl halides is 1. The first-order valence-corrected chi connectivity index (χ1v) is 6.34. The van der Waals surface area contributed by atoms with Gasteiger partial charge in [0, 0.05) is 24.3 Å². The second kappa shape index (κ2) is 6.27. The van der Waals surface area contributed by atoms with E-state index in [9.17, 15) is 4.79 Å². The van der Waals surface area contributed by atoms with Crippen LogP contribution >= 0.6 is 15.9 Å². The lowest BCUT2D eigenvalue weighted by Crippen LogP contribution is -2.36. The molecule has 1 amide bonds. The van der Waals surface area contributed by atoms with E-state index in [1.807, 2.05) is 4.90 Å². The zero-order valence-corrected chi connectivity index (χ0v) is 10.3. The maximum atomic E-state index is 11.5. The summed E-state index contributed by atoms with van der Waals surface area (Å²) < 4.78 is 5.19. The lowest BCUT2D eigenvalue weighted by Gasteiger charge is -2.26. The van der Waals surface area contributed by atoms with Crippen LogP contribution in [0.15, 0.2) is 0 Å². The van der Waals surface area contributed by atoms with E-state index < -0.39 is 0 Å². The third-order valence-corrected chi connectivity index (χ3v) is 3.47. The molecule has 0 aliphatic carbocycles. The fraction of sp³-hybridized carbons (Fsp3) is 0.900. The van der Waals surface area contributed by atoms with Crippen molar-refractivity contribution in [3.63, 3.8) is 0 Å². The van der Waals surface area contributed by atoms with Gasteiger partial charge in [-0.15, -0.1) is 0 Å². The molecule has 0 saturated carbocycles. The van der Waals surface area contributed by atoms with Crippen LogP contribution in [0.5, 0.6) is 0 Å². The molecule has 0 N–H and O–H groups in total. The summed E-state index contributed by atoms with van der Waals surface area (Å²) in [6.45, 7) is 4.29. The second-order valence-electron chi connectivity index (χ2n) is 3.88. The van der Waals surface area contributed by atoms with Gasteiger partial charge in [0.05, 0.1) is 6.61 Å². The van der Waals surface area contributed by atoms with Crippen LogP contribution in [0.25, 0.3) is 0 Å². The van der Waals surface area contributed by atoms with Crippen molar-refractivity contribution in [2.75, 3.05) is 25.0 Å². The summed E-state index contributed by atoms with van der Waals surface area (Å²) in [5.74, 6) is 0.392. The van der Waals surface area contributed by atoms with Crippen molar-refractivity contribution in [3.05, 3.63) is 0 Å².